The Kier molecular flexibility index (Phi) is 5.75. The Morgan fingerprint density at radius 1 is 1.13 bits per heavy atom. The van der Waals surface area contributed by atoms with Crippen LogP contribution in [0.15, 0.2) is 65.8 Å². The van der Waals surface area contributed by atoms with Gasteiger partial charge in [0.25, 0.3) is 15.7 Å². The van der Waals surface area contributed by atoms with E-state index in [1.807, 2.05) is 11.3 Å². The van der Waals surface area contributed by atoms with E-state index in [-0.39, 0.29) is 33.3 Å². The first-order valence-electron chi connectivity index (χ1n) is 12.5. The highest BCUT2D eigenvalue weighted by Crippen LogP contribution is 2.49. The fourth-order valence-corrected chi connectivity index (χ4v) is 6.97. The molecule has 5 aromatic rings. The van der Waals surface area contributed by atoms with Crippen molar-refractivity contribution in [2.75, 3.05) is 0 Å². The molecule has 193 valence electrons. The van der Waals surface area contributed by atoms with Crippen LogP contribution in [0.25, 0.3) is 16.8 Å². The summed E-state index contributed by atoms with van der Waals surface area (Å²) in [5, 5.41) is 20.2. The van der Waals surface area contributed by atoms with Gasteiger partial charge in [0.15, 0.2) is 11.3 Å². The van der Waals surface area contributed by atoms with Crippen LogP contribution < -0.4 is 0 Å². The van der Waals surface area contributed by atoms with Gasteiger partial charge in [-0.05, 0) is 67.5 Å². The summed E-state index contributed by atoms with van der Waals surface area (Å²) in [5.74, 6) is 1.16. The van der Waals surface area contributed by atoms with Gasteiger partial charge in [-0.2, -0.15) is 0 Å². The standard InChI is InChI=1S/C27H25N6O4S/c1-3-18-13-20(19-5-4-6-21(14-19)33(34)35)15-23(18)26-30-29-25-16-28-27-24(32(25)26)11-12-31(27)38(36,37)22-9-7-17(2)8-10-22/h4,6-12,14,16,18,20,23H,3,13,15H2,1-2H3/t18-,20-,23+/m1/s1. The van der Waals surface area contributed by atoms with Gasteiger partial charge in [-0.25, -0.2) is 17.4 Å². The molecule has 0 aliphatic heterocycles. The molecule has 38 heavy (non-hydrogen) atoms. The molecular formula is C27H25N6O4S. The maximum absolute atomic E-state index is 13.4. The van der Waals surface area contributed by atoms with Gasteiger partial charge in [0, 0.05) is 24.2 Å². The monoisotopic (exact) mass is 529 g/mol. The molecule has 6 rings (SSSR count). The van der Waals surface area contributed by atoms with E-state index in [1.165, 1.54) is 16.2 Å². The third-order valence-electron chi connectivity index (χ3n) is 7.65. The fourth-order valence-electron chi connectivity index (χ4n) is 5.68. The lowest BCUT2D eigenvalue weighted by atomic mass is 9.93. The molecule has 1 saturated carbocycles. The van der Waals surface area contributed by atoms with E-state index in [0.717, 1.165) is 36.2 Å². The van der Waals surface area contributed by atoms with Gasteiger partial charge in [-0.1, -0.05) is 31.0 Å². The van der Waals surface area contributed by atoms with Crippen molar-refractivity contribution in [3.8, 4) is 0 Å². The number of aromatic nitrogens is 5. The van der Waals surface area contributed by atoms with E-state index >= 15 is 0 Å². The first-order valence-corrected chi connectivity index (χ1v) is 13.9. The van der Waals surface area contributed by atoms with Gasteiger partial charge in [0.05, 0.1) is 21.5 Å². The van der Waals surface area contributed by atoms with Crippen molar-refractivity contribution >= 4 is 32.5 Å². The summed E-state index contributed by atoms with van der Waals surface area (Å²) >= 11 is 0. The average Bonchev–Trinajstić information content (AvgIpc) is 3.64. The smallest absolute Gasteiger partial charge is 0.269 e. The van der Waals surface area contributed by atoms with Gasteiger partial charge < -0.3 is 0 Å². The second-order valence-electron chi connectivity index (χ2n) is 9.85. The lowest BCUT2D eigenvalue weighted by Gasteiger charge is -2.16. The Morgan fingerprint density at radius 3 is 2.66 bits per heavy atom. The summed E-state index contributed by atoms with van der Waals surface area (Å²) in [5.41, 5.74) is 3.31. The van der Waals surface area contributed by atoms with Gasteiger partial charge in [-0.15, -0.1) is 10.2 Å². The number of hydrogen-bond acceptors (Lipinski definition) is 7. The third-order valence-corrected chi connectivity index (χ3v) is 9.33. The molecule has 2 aromatic carbocycles. The van der Waals surface area contributed by atoms with E-state index in [2.05, 4.69) is 28.2 Å². The van der Waals surface area contributed by atoms with Crippen LogP contribution >= 0.6 is 0 Å². The maximum Gasteiger partial charge on any atom is 0.269 e. The minimum Gasteiger partial charge on any atom is -0.274 e. The zero-order valence-electron chi connectivity index (χ0n) is 20.9. The van der Waals surface area contributed by atoms with Crippen LogP contribution in [-0.2, 0) is 10.0 Å². The first-order chi connectivity index (χ1) is 18.3. The van der Waals surface area contributed by atoms with Gasteiger partial charge in [0.1, 0.15) is 5.82 Å². The molecule has 1 aliphatic carbocycles. The second kappa shape index (κ2) is 9.02. The molecule has 0 saturated heterocycles. The van der Waals surface area contributed by atoms with Gasteiger partial charge in [0.2, 0.25) is 0 Å². The normalized spacial score (nSPS) is 19.9. The highest BCUT2D eigenvalue weighted by atomic mass is 32.2. The highest BCUT2D eigenvalue weighted by Gasteiger charge is 2.38. The number of nitro groups is 1. The van der Waals surface area contributed by atoms with Gasteiger partial charge in [-0.3, -0.25) is 14.5 Å². The van der Waals surface area contributed by atoms with Crippen molar-refractivity contribution < 1.29 is 13.3 Å². The lowest BCUT2D eigenvalue weighted by molar-refractivity contribution is -0.384. The van der Waals surface area contributed by atoms with E-state index in [9.17, 15) is 18.5 Å². The lowest BCUT2D eigenvalue weighted by Crippen LogP contribution is -2.13. The molecule has 1 radical (unpaired) electrons. The summed E-state index contributed by atoms with van der Waals surface area (Å²) < 4.78 is 30.0. The summed E-state index contributed by atoms with van der Waals surface area (Å²) in [6, 6.07) is 16.3. The molecule has 0 spiro atoms. The van der Waals surface area contributed by atoms with Crippen molar-refractivity contribution in [3.05, 3.63) is 94.1 Å². The first kappa shape index (κ1) is 24.2. The Labute approximate surface area is 219 Å². The maximum atomic E-state index is 13.4. The van der Waals surface area contributed by atoms with E-state index in [1.54, 1.807) is 48.7 Å². The number of benzene rings is 2. The quantitative estimate of drug-likeness (QED) is 0.223. The van der Waals surface area contributed by atoms with Crippen LogP contribution in [0, 0.1) is 29.0 Å². The Balaban J connectivity index is 1.43. The minimum atomic E-state index is -3.85. The predicted octanol–water partition coefficient (Wildman–Crippen LogP) is 5.02. The van der Waals surface area contributed by atoms with Gasteiger partial charge >= 0.3 is 0 Å². The molecule has 0 unspecified atom stereocenters. The molecule has 10 nitrogen and oxygen atoms in total. The summed E-state index contributed by atoms with van der Waals surface area (Å²) in [4.78, 5) is 15.5. The molecule has 11 heteroatoms. The summed E-state index contributed by atoms with van der Waals surface area (Å²) in [7, 11) is -3.85. The Morgan fingerprint density at radius 2 is 1.92 bits per heavy atom. The van der Waals surface area contributed by atoms with Crippen molar-refractivity contribution in [2.45, 2.75) is 49.8 Å². The molecule has 3 heterocycles. The number of rotatable bonds is 6. The molecule has 0 amide bonds. The third kappa shape index (κ3) is 3.85. The van der Waals surface area contributed by atoms with Crippen molar-refractivity contribution in [3.63, 3.8) is 0 Å². The van der Waals surface area contributed by atoms with Crippen molar-refractivity contribution in [1.82, 2.24) is 23.6 Å². The average molecular weight is 530 g/mol. The van der Waals surface area contributed by atoms with Crippen LogP contribution in [0.5, 0.6) is 0 Å². The molecule has 0 bridgehead atoms. The van der Waals surface area contributed by atoms with Crippen LogP contribution in [0.4, 0.5) is 5.69 Å². The number of nitro benzene ring substituents is 1. The predicted molar refractivity (Wildman–Crippen MR) is 140 cm³/mol. The van der Waals surface area contributed by atoms with Crippen LogP contribution in [-0.4, -0.2) is 36.9 Å². The zero-order valence-corrected chi connectivity index (χ0v) is 21.7. The molecule has 3 atom stereocenters. The molecule has 1 aliphatic rings. The largest absolute Gasteiger partial charge is 0.274 e. The SMILES string of the molecule is CC[C@@H]1C[C@@H](c2[c]ccc([N+](=O)[O-])c2)C[C@@H]1c1nnc2cnc3c(ccn3S(=O)(=O)c3ccc(C)cc3)n12. The van der Waals surface area contributed by atoms with Crippen molar-refractivity contribution in [1.29, 1.82) is 0 Å². The molecule has 3 aromatic heterocycles. The number of nitrogens with zero attached hydrogens (tertiary/aromatic N) is 6. The number of aryl methyl sites for hydroxylation is 1. The molecule has 0 N–H and O–H groups in total. The highest BCUT2D eigenvalue weighted by molar-refractivity contribution is 7.90. The van der Waals surface area contributed by atoms with E-state index < -0.39 is 10.0 Å². The van der Waals surface area contributed by atoms with Crippen LogP contribution in [0.2, 0.25) is 0 Å². The molecular weight excluding hydrogens is 504 g/mol. The van der Waals surface area contributed by atoms with Crippen LogP contribution in [0.1, 0.15) is 55.0 Å². The zero-order chi connectivity index (χ0) is 26.6. The number of hydrogen-bond donors (Lipinski definition) is 0. The minimum absolute atomic E-state index is 0.0373. The summed E-state index contributed by atoms with van der Waals surface area (Å²) in [6.45, 7) is 4.03. The van der Waals surface area contributed by atoms with Crippen molar-refractivity contribution in [2.24, 2.45) is 5.92 Å². The van der Waals surface area contributed by atoms with E-state index in [0.29, 0.717) is 16.8 Å². The summed E-state index contributed by atoms with van der Waals surface area (Å²) in [6.07, 6.45) is 5.56. The number of fused-ring (bicyclic) bond motifs is 3. The Hall–Kier alpha value is -4.12. The Bertz CT molecular complexity index is 1790. The topological polar surface area (TPSA) is 125 Å². The molecule has 1 fully saturated rings. The van der Waals surface area contributed by atoms with E-state index in [4.69, 9.17) is 0 Å². The fraction of sp³-hybridized carbons (Fsp3) is 0.296. The van der Waals surface area contributed by atoms with Crippen LogP contribution in [0.3, 0.4) is 0 Å². The number of non-ortho nitro benzene ring substituents is 1. The second-order valence-corrected chi connectivity index (χ2v) is 11.7.